The Morgan fingerprint density at radius 2 is 1.92 bits per heavy atom. The molecule has 1 amide bonds. The lowest BCUT2D eigenvalue weighted by Gasteiger charge is -2.32. The van der Waals surface area contributed by atoms with E-state index in [1.165, 1.54) is 11.1 Å². The van der Waals surface area contributed by atoms with Gasteiger partial charge in [-0.3, -0.25) is 4.79 Å². The number of aryl methyl sites for hydroxylation is 3. The lowest BCUT2D eigenvalue weighted by Crippen LogP contribution is -2.46. The maximum Gasteiger partial charge on any atom is 0.227 e. The summed E-state index contributed by atoms with van der Waals surface area (Å²) in [6.45, 7) is 9.18. The highest BCUT2D eigenvalue weighted by atomic mass is 16.1. The summed E-state index contributed by atoms with van der Waals surface area (Å²) in [7, 11) is 0. The smallest absolute Gasteiger partial charge is 0.227 e. The van der Waals surface area contributed by atoms with E-state index >= 15 is 0 Å². The predicted octanol–water partition coefficient (Wildman–Crippen LogP) is 2.68. The number of piperazine rings is 1. The zero-order valence-corrected chi connectivity index (χ0v) is 15.1. The molecule has 2 heterocycles. The van der Waals surface area contributed by atoms with Gasteiger partial charge in [-0.1, -0.05) is 25.1 Å². The normalized spacial score (nSPS) is 14.5. The van der Waals surface area contributed by atoms with Gasteiger partial charge in [0.15, 0.2) is 0 Å². The number of anilines is 3. The van der Waals surface area contributed by atoms with Crippen LogP contribution < -0.4 is 10.2 Å². The number of hydrogen-bond acceptors (Lipinski definition) is 5. The average molecular weight is 339 g/mol. The molecule has 1 aromatic heterocycles. The van der Waals surface area contributed by atoms with Gasteiger partial charge in [-0.25, -0.2) is 4.98 Å². The second-order valence-electron chi connectivity index (χ2n) is 6.41. The van der Waals surface area contributed by atoms with Crippen molar-refractivity contribution < 1.29 is 4.79 Å². The van der Waals surface area contributed by atoms with Crippen molar-refractivity contribution in [2.75, 3.05) is 36.4 Å². The molecule has 1 fully saturated rings. The molecule has 2 aromatic rings. The van der Waals surface area contributed by atoms with E-state index in [0.717, 1.165) is 49.1 Å². The first kappa shape index (κ1) is 17.2. The number of rotatable bonds is 5. The summed E-state index contributed by atoms with van der Waals surface area (Å²) in [5.41, 5.74) is 4.53. The van der Waals surface area contributed by atoms with Crippen LogP contribution in [0.5, 0.6) is 0 Å². The van der Waals surface area contributed by atoms with Gasteiger partial charge in [0.2, 0.25) is 12.4 Å². The van der Waals surface area contributed by atoms with Crippen molar-refractivity contribution in [2.45, 2.75) is 27.2 Å². The Morgan fingerprint density at radius 3 is 2.60 bits per heavy atom. The van der Waals surface area contributed by atoms with Crippen molar-refractivity contribution in [1.29, 1.82) is 0 Å². The zero-order chi connectivity index (χ0) is 17.8. The summed E-state index contributed by atoms with van der Waals surface area (Å²) in [6.07, 6.45) is 1.88. The van der Waals surface area contributed by atoms with Gasteiger partial charge >= 0.3 is 0 Å². The SMILES string of the molecule is CCc1cccc(C)c1Nc1cc(C)nc(N2CCN(C=O)CC2)n1. The molecule has 1 N–H and O–H groups in total. The van der Waals surface area contributed by atoms with E-state index in [1.807, 2.05) is 13.0 Å². The molecule has 0 bridgehead atoms. The van der Waals surface area contributed by atoms with Gasteiger partial charge in [-0.05, 0) is 31.4 Å². The minimum absolute atomic E-state index is 0.710. The minimum atomic E-state index is 0.710. The molecule has 0 saturated carbocycles. The molecule has 0 spiro atoms. The Balaban J connectivity index is 1.84. The van der Waals surface area contributed by atoms with E-state index in [1.54, 1.807) is 4.90 Å². The van der Waals surface area contributed by atoms with Crippen molar-refractivity contribution in [3.05, 3.63) is 41.1 Å². The topological polar surface area (TPSA) is 61.4 Å². The fourth-order valence-electron chi connectivity index (χ4n) is 3.12. The molecule has 0 unspecified atom stereocenters. The van der Waals surface area contributed by atoms with Crippen molar-refractivity contribution in [1.82, 2.24) is 14.9 Å². The van der Waals surface area contributed by atoms with E-state index in [0.29, 0.717) is 13.1 Å². The highest BCUT2D eigenvalue weighted by Gasteiger charge is 2.18. The van der Waals surface area contributed by atoms with E-state index < -0.39 is 0 Å². The van der Waals surface area contributed by atoms with Gasteiger partial charge in [0.25, 0.3) is 0 Å². The number of benzene rings is 1. The first-order valence-electron chi connectivity index (χ1n) is 8.76. The van der Waals surface area contributed by atoms with Crippen LogP contribution in [0.25, 0.3) is 0 Å². The molecule has 132 valence electrons. The monoisotopic (exact) mass is 339 g/mol. The van der Waals surface area contributed by atoms with Crippen LogP contribution in [0.4, 0.5) is 17.5 Å². The molecule has 25 heavy (non-hydrogen) atoms. The molecule has 1 saturated heterocycles. The summed E-state index contributed by atoms with van der Waals surface area (Å²) in [5, 5.41) is 3.49. The predicted molar refractivity (Wildman–Crippen MR) is 100 cm³/mol. The van der Waals surface area contributed by atoms with Crippen molar-refractivity contribution in [3.63, 3.8) is 0 Å². The number of amides is 1. The van der Waals surface area contributed by atoms with Crippen LogP contribution in [0.1, 0.15) is 23.7 Å². The highest BCUT2D eigenvalue weighted by Crippen LogP contribution is 2.26. The molecule has 1 aromatic carbocycles. The number of carbonyl (C=O) groups is 1. The van der Waals surface area contributed by atoms with Crippen molar-refractivity contribution >= 4 is 23.9 Å². The molecule has 1 aliphatic rings. The molecular formula is C19H25N5O. The largest absolute Gasteiger partial charge is 0.342 e. The van der Waals surface area contributed by atoms with Gasteiger partial charge in [0.1, 0.15) is 5.82 Å². The number of nitrogens with zero attached hydrogens (tertiary/aromatic N) is 4. The van der Waals surface area contributed by atoms with Crippen molar-refractivity contribution in [3.8, 4) is 0 Å². The molecule has 6 nitrogen and oxygen atoms in total. The molecule has 0 radical (unpaired) electrons. The van der Waals surface area contributed by atoms with Crippen LogP contribution in [-0.2, 0) is 11.2 Å². The second kappa shape index (κ2) is 7.51. The minimum Gasteiger partial charge on any atom is -0.342 e. The van der Waals surface area contributed by atoms with Gasteiger partial charge in [0, 0.05) is 43.6 Å². The number of aromatic nitrogens is 2. The summed E-state index contributed by atoms with van der Waals surface area (Å²) < 4.78 is 0. The third kappa shape index (κ3) is 3.90. The molecule has 3 rings (SSSR count). The molecular weight excluding hydrogens is 314 g/mol. The Morgan fingerprint density at radius 1 is 1.16 bits per heavy atom. The Kier molecular flexibility index (Phi) is 5.16. The molecule has 6 heteroatoms. The van der Waals surface area contributed by atoms with Crippen LogP contribution in [0.2, 0.25) is 0 Å². The van der Waals surface area contributed by atoms with Crippen LogP contribution in [0.3, 0.4) is 0 Å². The Bertz CT molecular complexity index is 753. The Hall–Kier alpha value is -2.63. The number of para-hydroxylation sites is 1. The first-order chi connectivity index (χ1) is 12.1. The van der Waals surface area contributed by atoms with Gasteiger partial charge in [-0.15, -0.1) is 0 Å². The fourth-order valence-corrected chi connectivity index (χ4v) is 3.12. The Labute approximate surface area is 148 Å². The molecule has 1 aliphatic heterocycles. The first-order valence-corrected chi connectivity index (χ1v) is 8.76. The van der Waals surface area contributed by atoms with E-state index in [-0.39, 0.29) is 0 Å². The van der Waals surface area contributed by atoms with Gasteiger partial charge in [-0.2, -0.15) is 4.98 Å². The quantitative estimate of drug-likeness (QED) is 0.849. The maximum atomic E-state index is 10.9. The summed E-state index contributed by atoms with van der Waals surface area (Å²) in [5.74, 6) is 1.53. The highest BCUT2D eigenvalue weighted by molar-refractivity contribution is 5.65. The summed E-state index contributed by atoms with van der Waals surface area (Å²) >= 11 is 0. The number of hydrogen-bond donors (Lipinski definition) is 1. The van der Waals surface area contributed by atoms with E-state index in [2.05, 4.69) is 47.2 Å². The average Bonchev–Trinajstić information content (AvgIpc) is 2.63. The molecule has 0 atom stereocenters. The summed E-state index contributed by atoms with van der Waals surface area (Å²) in [6, 6.07) is 8.30. The lowest BCUT2D eigenvalue weighted by atomic mass is 10.1. The summed E-state index contributed by atoms with van der Waals surface area (Å²) in [4.78, 5) is 24.1. The van der Waals surface area contributed by atoms with E-state index in [4.69, 9.17) is 4.98 Å². The number of carbonyl (C=O) groups excluding carboxylic acids is 1. The van der Waals surface area contributed by atoms with Crippen LogP contribution >= 0.6 is 0 Å². The van der Waals surface area contributed by atoms with Crippen LogP contribution in [-0.4, -0.2) is 47.5 Å². The van der Waals surface area contributed by atoms with Crippen LogP contribution in [0, 0.1) is 13.8 Å². The molecule has 0 aliphatic carbocycles. The standard InChI is InChI=1S/C19H25N5O/c1-4-16-7-5-6-14(2)18(16)21-17-12-15(3)20-19(22-17)24-10-8-23(13-25)9-11-24/h5-7,12-13H,4,8-11H2,1-3H3,(H,20,21,22). The zero-order valence-electron chi connectivity index (χ0n) is 15.1. The van der Waals surface area contributed by atoms with Crippen molar-refractivity contribution in [2.24, 2.45) is 0 Å². The fraction of sp³-hybridized carbons (Fsp3) is 0.421. The van der Waals surface area contributed by atoms with Gasteiger partial charge < -0.3 is 15.1 Å². The second-order valence-corrected chi connectivity index (χ2v) is 6.41. The number of nitrogens with one attached hydrogen (secondary N) is 1. The van der Waals surface area contributed by atoms with Crippen LogP contribution in [0.15, 0.2) is 24.3 Å². The third-order valence-corrected chi connectivity index (χ3v) is 4.58. The third-order valence-electron chi connectivity index (χ3n) is 4.58. The van der Waals surface area contributed by atoms with Gasteiger partial charge in [0.05, 0.1) is 0 Å². The maximum absolute atomic E-state index is 10.9. The lowest BCUT2D eigenvalue weighted by molar-refractivity contribution is -0.118. The van der Waals surface area contributed by atoms with E-state index in [9.17, 15) is 4.79 Å².